The van der Waals surface area contributed by atoms with E-state index in [9.17, 15) is 9.18 Å². The highest BCUT2D eigenvalue weighted by Gasteiger charge is 2.09. The standard InChI is InChI=1S/C15H15FN2O2/c1-3-11-7-10(15(19)20)8-14(17-11)18-13-5-4-9(2)6-12(13)16/h4-8H,3H2,1-2H3,(H,17,18)(H,19,20). The fourth-order valence-corrected chi connectivity index (χ4v) is 1.82. The molecule has 1 aromatic heterocycles. The number of aromatic nitrogens is 1. The third kappa shape index (κ3) is 3.12. The number of aromatic carboxylic acids is 1. The molecule has 0 saturated heterocycles. The summed E-state index contributed by atoms with van der Waals surface area (Å²) in [7, 11) is 0. The highest BCUT2D eigenvalue weighted by molar-refractivity contribution is 5.88. The number of rotatable bonds is 4. The maximum Gasteiger partial charge on any atom is 0.335 e. The molecule has 2 aromatic rings. The summed E-state index contributed by atoms with van der Waals surface area (Å²) in [5.74, 6) is -1.11. The molecule has 0 radical (unpaired) electrons. The second kappa shape index (κ2) is 5.69. The molecule has 0 saturated carbocycles. The number of carboxylic acids is 1. The largest absolute Gasteiger partial charge is 0.478 e. The van der Waals surface area contributed by atoms with Crippen molar-refractivity contribution in [1.29, 1.82) is 0 Å². The average Bonchev–Trinajstić information content (AvgIpc) is 2.41. The quantitative estimate of drug-likeness (QED) is 0.895. The maximum absolute atomic E-state index is 13.8. The van der Waals surface area contributed by atoms with E-state index >= 15 is 0 Å². The van der Waals surface area contributed by atoms with E-state index in [1.54, 1.807) is 19.1 Å². The number of anilines is 2. The molecule has 0 unspecified atom stereocenters. The van der Waals surface area contributed by atoms with E-state index in [0.717, 1.165) is 5.56 Å². The Kier molecular flexibility index (Phi) is 3.98. The van der Waals surface area contributed by atoms with Gasteiger partial charge in [0, 0.05) is 5.69 Å². The number of nitrogens with one attached hydrogen (secondary N) is 1. The van der Waals surface area contributed by atoms with Gasteiger partial charge in [-0.3, -0.25) is 0 Å². The first-order valence-electron chi connectivity index (χ1n) is 6.27. The van der Waals surface area contributed by atoms with Crippen LogP contribution in [0.1, 0.15) is 28.5 Å². The number of hydrogen-bond acceptors (Lipinski definition) is 3. The topological polar surface area (TPSA) is 62.2 Å². The van der Waals surface area contributed by atoms with Gasteiger partial charge in [0.15, 0.2) is 0 Å². The van der Waals surface area contributed by atoms with Gasteiger partial charge in [0.25, 0.3) is 0 Å². The molecular formula is C15H15FN2O2. The van der Waals surface area contributed by atoms with Crippen LogP contribution in [-0.4, -0.2) is 16.1 Å². The summed E-state index contributed by atoms with van der Waals surface area (Å²) in [4.78, 5) is 15.3. The van der Waals surface area contributed by atoms with Gasteiger partial charge in [-0.05, 0) is 43.2 Å². The normalized spacial score (nSPS) is 10.3. The van der Waals surface area contributed by atoms with Gasteiger partial charge < -0.3 is 10.4 Å². The summed E-state index contributed by atoms with van der Waals surface area (Å²) >= 11 is 0. The monoisotopic (exact) mass is 274 g/mol. The lowest BCUT2D eigenvalue weighted by Crippen LogP contribution is -2.04. The van der Waals surface area contributed by atoms with Crippen LogP contribution in [0, 0.1) is 12.7 Å². The van der Waals surface area contributed by atoms with E-state index in [2.05, 4.69) is 10.3 Å². The minimum Gasteiger partial charge on any atom is -0.478 e. The third-order valence-corrected chi connectivity index (χ3v) is 2.87. The Bertz CT molecular complexity index is 656. The van der Waals surface area contributed by atoms with E-state index in [1.807, 2.05) is 6.92 Å². The van der Waals surface area contributed by atoms with Gasteiger partial charge >= 0.3 is 5.97 Å². The van der Waals surface area contributed by atoms with Gasteiger partial charge in [-0.25, -0.2) is 14.2 Å². The van der Waals surface area contributed by atoms with Crippen LogP contribution < -0.4 is 5.32 Å². The van der Waals surface area contributed by atoms with Gasteiger partial charge in [0.05, 0.1) is 11.3 Å². The molecule has 2 N–H and O–H groups in total. The van der Waals surface area contributed by atoms with Crippen LogP contribution in [0.2, 0.25) is 0 Å². The van der Waals surface area contributed by atoms with Crippen LogP contribution in [-0.2, 0) is 6.42 Å². The molecule has 0 amide bonds. The molecule has 0 fully saturated rings. The molecule has 4 nitrogen and oxygen atoms in total. The molecular weight excluding hydrogens is 259 g/mol. The van der Waals surface area contributed by atoms with Crippen LogP contribution in [0.4, 0.5) is 15.9 Å². The highest BCUT2D eigenvalue weighted by Crippen LogP contribution is 2.21. The number of carbonyl (C=O) groups is 1. The van der Waals surface area contributed by atoms with Crippen molar-refractivity contribution in [1.82, 2.24) is 4.98 Å². The number of pyridine rings is 1. The second-order valence-corrected chi connectivity index (χ2v) is 4.50. The van der Waals surface area contributed by atoms with Crippen LogP contribution in [0.25, 0.3) is 0 Å². The summed E-state index contributed by atoms with van der Waals surface area (Å²) < 4.78 is 13.8. The van der Waals surface area contributed by atoms with Crippen LogP contribution in [0.3, 0.4) is 0 Å². The van der Waals surface area contributed by atoms with Crippen molar-refractivity contribution in [2.24, 2.45) is 0 Å². The molecule has 0 spiro atoms. The molecule has 0 aliphatic carbocycles. The summed E-state index contributed by atoms with van der Waals surface area (Å²) in [6.45, 7) is 3.68. The van der Waals surface area contributed by atoms with Crippen LogP contribution in [0.5, 0.6) is 0 Å². The number of hydrogen-bond donors (Lipinski definition) is 2. The van der Waals surface area contributed by atoms with Crippen molar-refractivity contribution in [3.05, 3.63) is 53.0 Å². The third-order valence-electron chi connectivity index (χ3n) is 2.87. The molecule has 1 aromatic carbocycles. The highest BCUT2D eigenvalue weighted by atomic mass is 19.1. The lowest BCUT2D eigenvalue weighted by atomic mass is 10.2. The number of benzene rings is 1. The van der Waals surface area contributed by atoms with E-state index < -0.39 is 11.8 Å². The Morgan fingerprint density at radius 1 is 1.35 bits per heavy atom. The van der Waals surface area contributed by atoms with E-state index in [-0.39, 0.29) is 11.3 Å². The summed E-state index contributed by atoms with van der Waals surface area (Å²) in [6.07, 6.45) is 0.603. The predicted octanol–water partition coefficient (Wildman–Crippen LogP) is 3.53. The molecule has 5 heteroatoms. The number of nitrogens with zero attached hydrogens (tertiary/aromatic N) is 1. The van der Waals surface area contributed by atoms with Gasteiger partial charge in [-0.2, -0.15) is 0 Å². The fourth-order valence-electron chi connectivity index (χ4n) is 1.82. The second-order valence-electron chi connectivity index (χ2n) is 4.50. The fraction of sp³-hybridized carbons (Fsp3) is 0.200. The zero-order valence-corrected chi connectivity index (χ0v) is 11.3. The van der Waals surface area contributed by atoms with Crippen molar-refractivity contribution >= 4 is 17.5 Å². The van der Waals surface area contributed by atoms with Crippen molar-refractivity contribution in [2.45, 2.75) is 20.3 Å². The van der Waals surface area contributed by atoms with E-state index in [1.165, 1.54) is 18.2 Å². The molecule has 104 valence electrons. The molecule has 1 heterocycles. The van der Waals surface area contributed by atoms with Crippen LogP contribution >= 0.6 is 0 Å². The Balaban J connectivity index is 2.37. The van der Waals surface area contributed by atoms with Crippen molar-refractivity contribution < 1.29 is 14.3 Å². The van der Waals surface area contributed by atoms with Gasteiger partial charge in [0.1, 0.15) is 11.6 Å². The van der Waals surface area contributed by atoms with E-state index in [0.29, 0.717) is 17.9 Å². The Hall–Kier alpha value is -2.43. The Labute approximate surface area is 116 Å². The van der Waals surface area contributed by atoms with Crippen LogP contribution in [0.15, 0.2) is 30.3 Å². The Morgan fingerprint density at radius 3 is 2.70 bits per heavy atom. The lowest BCUT2D eigenvalue weighted by molar-refractivity contribution is 0.0696. The van der Waals surface area contributed by atoms with E-state index in [4.69, 9.17) is 5.11 Å². The lowest BCUT2D eigenvalue weighted by Gasteiger charge is -2.10. The first-order chi connectivity index (χ1) is 9.49. The van der Waals surface area contributed by atoms with Gasteiger partial charge in [-0.15, -0.1) is 0 Å². The summed E-state index contributed by atoms with van der Waals surface area (Å²) in [6, 6.07) is 7.68. The van der Waals surface area contributed by atoms with Gasteiger partial charge in [-0.1, -0.05) is 13.0 Å². The van der Waals surface area contributed by atoms with Gasteiger partial charge in [0.2, 0.25) is 0 Å². The zero-order chi connectivity index (χ0) is 14.7. The van der Waals surface area contributed by atoms with Crippen molar-refractivity contribution in [2.75, 3.05) is 5.32 Å². The molecule has 0 aliphatic heterocycles. The van der Waals surface area contributed by atoms with Crippen molar-refractivity contribution in [3.63, 3.8) is 0 Å². The molecule has 2 rings (SSSR count). The first kappa shape index (κ1) is 14.0. The predicted molar refractivity (Wildman–Crippen MR) is 75.0 cm³/mol. The minimum absolute atomic E-state index is 0.131. The smallest absolute Gasteiger partial charge is 0.335 e. The molecule has 0 aliphatic rings. The number of carboxylic acid groups (broad SMARTS) is 1. The SMILES string of the molecule is CCc1cc(C(=O)O)cc(Nc2ccc(C)cc2F)n1. The first-order valence-corrected chi connectivity index (χ1v) is 6.27. The molecule has 20 heavy (non-hydrogen) atoms. The number of aryl methyl sites for hydroxylation is 2. The average molecular weight is 274 g/mol. The minimum atomic E-state index is -1.03. The molecule has 0 bridgehead atoms. The zero-order valence-electron chi connectivity index (χ0n) is 11.3. The Morgan fingerprint density at radius 2 is 2.10 bits per heavy atom. The maximum atomic E-state index is 13.8. The number of halogens is 1. The summed E-state index contributed by atoms with van der Waals surface area (Å²) in [5, 5.41) is 11.9. The molecule has 0 atom stereocenters. The van der Waals surface area contributed by atoms with Crippen molar-refractivity contribution in [3.8, 4) is 0 Å². The summed E-state index contributed by atoms with van der Waals surface area (Å²) in [5.41, 5.74) is 1.86.